The van der Waals surface area contributed by atoms with E-state index in [4.69, 9.17) is 44.8 Å². The Morgan fingerprint density at radius 1 is 0.935 bits per heavy atom. The molecule has 17 nitrogen and oxygen atoms in total. The van der Waals surface area contributed by atoms with Gasteiger partial charge in [-0.2, -0.15) is 0 Å². The number of ether oxygens (including phenoxy) is 7. The zero-order valence-corrected chi connectivity index (χ0v) is 36.6. The molecule has 3 N–H and O–H groups in total. The summed E-state index contributed by atoms with van der Waals surface area (Å²) in [7, 11) is 6.00. The van der Waals surface area contributed by atoms with Crippen LogP contribution < -0.4 is 29.2 Å². The molecular formula is C44H56ClN5O12. The van der Waals surface area contributed by atoms with Gasteiger partial charge in [0.05, 0.1) is 45.2 Å². The number of carbonyl (C=O) groups excluding carboxylic acids is 4. The van der Waals surface area contributed by atoms with Crippen LogP contribution in [-0.4, -0.2) is 150 Å². The maximum Gasteiger partial charge on any atom is 0.415 e. The van der Waals surface area contributed by atoms with Crippen molar-refractivity contribution < 1.29 is 57.4 Å². The molecule has 2 unspecified atom stereocenters. The normalized spacial score (nSPS) is 16.2. The number of H-pyrrole nitrogens is 1. The number of rotatable bonds is 20. The molecule has 3 amide bonds. The third-order valence-corrected chi connectivity index (χ3v) is 11.6. The molecule has 2 aliphatic heterocycles. The second kappa shape index (κ2) is 21.6. The van der Waals surface area contributed by atoms with Crippen molar-refractivity contribution in [2.75, 3.05) is 98.2 Å². The van der Waals surface area contributed by atoms with Crippen molar-refractivity contribution in [2.24, 2.45) is 0 Å². The summed E-state index contributed by atoms with van der Waals surface area (Å²) in [5.41, 5.74) is 2.42. The molecule has 1 aromatic heterocycles. The minimum Gasteiger partial charge on any atom is -0.493 e. The Balaban J connectivity index is 1.03. The zero-order valence-electron chi connectivity index (χ0n) is 35.8. The summed E-state index contributed by atoms with van der Waals surface area (Å²) in [6, 6.07) is 12.9. The number of piperazine rings is 1. The van der Waals surface area contributed by atoms with E-state index in [1.165, 1.54) is 28.4 Å². The molecule has 2 aliphatic rings. The summed E-state index contributed by atoms with van der Waals surface area (Å²) in [5.74, 6) is 0.778. The van der Waals surface area contributed by atoms with Gasteiger partial charge in [-0.3, -0.25) is 19.3 Å². The van der Waals surface area contributed by atoms with Gasteiger partial charge in [-0.25, -0.2) is 4.79 Å². The molecule has 0 spiro atoms. The van der Waals surface area contributed by atoms with E-state index in [-0.39, 0.29) is 49.7 Å². The van der Waals surface area contributed by atoms with Gasteiger partial charge >= 0.3 is 12.1 Å². The van der Waals surface area contributed by atoms with Gasteiger partial charge in [0.15, 0.2) is 17.8 Å². The second-order valence-corrected chi connectivity index (χ2v) is 15.3. The predicted molar refractivity (Wildman–Crippen MR) is 232 cm³/mol. The van der Waals surface area contributed by atoms with Gasteiger partial charge in [-0.1, -0.05) is 31.2 Å². The van der Waals surface area contributed by atoms with E-state index in [2.05, 4.69) is 15.2 Å². The first-order valence-corrected chi connectivity index (χ1v) is 21.3. The molecule has 18 heteroatoms. The summed E-state index contributed by atoms with van der Waals surface area (Å²) in [6.45, 7) is 4.93. The first-order valence-electron chi connectivity index (χ1n) is 20.7. The van der Waals surface area contributed by atoms with Crippen molar-refractivity contribution in [3.05, 3.63) is 53.7 Å². The highest BCUT2D eigenvalue weighted by molar-refractivity contribution is 6.19. The molecular weight excluding hydrogens is 826 g/mol. The van der Waals surface area contributed by atoms with Crippen molar-refractivity contribution >= 4 is 62.8 Å². The number of hydrogen-bond acceptors (Lipinski definition) is 13. The average molecular weight is 882 g/mol. The number of methoxy groups -OCH3 is 4. The third kappa shape index (κ3) is 10.5. The number of alkyl halides is 1. The van der Waals surface area contributed by atoms with Crippen LogP contribution in [0.2, 0.25) is 0 Å². The number of aromatic amines is 1. The van der Waals surface area contributed by atoms with Gasteiger partial charge in [-0.15, -0.1) is 11.6 Å². The van der Waals surface area contributed by atoms with Crippen molar-refractivity contribution in [3.8, 4) is 23.0 Å². The number of amides is 3. The fourth-order valence-corrected chi connectivity index (χ4v) is 8.10. The van der Waals surface area contributed by atoms with E-state index < -0.39 is 24.5 Å². The highest BCUT2D eigenvalue weighted by Gasteiger charge is 2.36. The van der Waals surface area contributed by atoms with Crippen molar-refractivity contribution in [3.63, 3.8) is 0 Å². The molecule has 336 valence electrons. The predicted octanol–water partition coefficient (Wildman–Crippen LogP) is 5.04. The van der Waals surface area contributed by atoms with Gasteiger partial charge in [0.2, 0.25) is 11.7 Å². The minimum atomic E-state index is -0.784. The fourth-order valence-electron chi connectivity index (χ4n) is 7.85. The van der Waals surface area contributed by atoms with E-state index >= 15 is 0 Å². The summed E-state index contributed by atoms with van der Waals surface area (Å²) in [6.07, 6.45) is -0.553. The third-order valence-electron chi connectivity index (χ3n) is 11.2. The molecule has 0 bridgehead atoms. The molecule has 3 atom stereocenters. The van der Waals surface area contributed by atoms with Crippen LogP contribution in [0, 0.1) is 0 Å². The van der Waals surface area contributed by atoms with E-state index in [9.17, 15) is 24.3 Å². The number of nitrogens with one attached hydrogen (secondary N) is 2. The average Bonchev–Trinajstić information content (AvgIpc) is 3.90. The first kappa shape index (κ1) is 46.2. The lowest BCUT2D eigenvalue weighted by atomic mass is 9.95. The molecule has 1 saturated heterocycles. The lowest BCUT2D eigenvalue weighted by Crippen LogP contribution is -2.51. The maximum absolute atomic E-state index is 14.3. The lowest BCUT2D eigenvalue weighted by molar-refractivity contribution is -0.194. The van der Waals surface area contributed by atoms with Gasteiger partial charge in [0, 0.05) is 94.4 Å². The topological polar surface area (TPSA) is 191 Å². The van der Waals surface area contributed by atoms with Crippen LogP contribution in [0.15, 0.2) is 42.5 Å². The van der Waals surface area contributed by atoms with E-state index in [0.29, 0.717) is 104 Å². The quantitative estimate of drug-likeness (QED) is 0.0609. The zero-order chi connectivity index (χ0) is 44.3. The summed E-state index contributed by atoms with van der Waals surface area (Å²) >= 11 is 6.54. The fraction of sp³-hybridized carbons (Fsp3) is 0.500. The number of aliphatic hydroxyl groups is 1. The lowest BCUT2D eigenvalue weighted by Gasteiger charge is -2.34. The molecule has 3 aromatic carbocycles. The van der Waals surface area contributed by atoms with Crippen LogP contribution in [0.5, 0.6) is 23.0 Å². The number of benzene rings is 3. The van der Waals surface area contributed by atoms with Crippen LogP contribution in [0.4, 0.5) is 10.5 Å². The second-order valence-electron chi connectivity index (χ2n) is 15.0. The SMILES string of the molecule is CCC(CO)OC(COC(=O)CCCC(=O)NCCN1CCN(C(=O)Oc2cc3c(c4ccccc24)[C@H](CCl)CN3C(=O)c2cc3cc(OC)c(OC)c(OC)c3[nH]2)CC1)OC. The minimum absolute atomic E-state index is 0.0678. The maximum atomic E-state index is 14.3. The number of aliphatic hydroxyl groups excluding tert-OH is 1. The van der Waals surface area contributed by atoms with Crippen molar-refractivity contribution in [1.82, 2.24) is 20.1 Å². The van der Waals surface area contributed by atoms with Gasteiger partial charge in [0.25, 0.3) is 5.91 Å². The number of carbonyl (C=O) groups is 4. The van der Waals surface area contributed by atoms with Crippen LogP contribution in [-0.2, 0) is 23.8 Å². The van der Waals surface area contributed by atoms with E-state index in [0.717, 1.165) is 16.3 Å². The number of hydrogen-bond donors (Lipinski definition) is 3. The summed E-state index contributed by atoms with van der Waals surface area (Å²) in [5, 5.41) is 14.5. The van der Waals surface area contributed by atoms with E-state index in [1.807, 2.05) is 31.2 Å². The van der Waals surface area contributed by atoms with Crippen LogP contribution in [0.3, 0.4) is 0 Å². The number of anilines is 1. The Labute approximate surface area is 365 Å². The Kier molecular flexibility index (Phi) is 16.1. The van der Waals surface area contributed by atoms with Gasteiger partial charge < -0.3 is 58.4 Å². The Morgan fingerprint density at radius 2 is 1.68 bits per heavy atom. The number of halogens is 1. The molecule has 0 saturated carbocycles. The monoisotopic (exact) mass is 881 g/mol. The molecule has 3 heterocycles. The van der Waals surface area contributed by atoms with Crippen LogP contribution in [0.1, 0.15) is 54.6 Å². The molecule has 0 radical (unpaired) electrons. The summed E-state index contributed by atoms with van der Waals surface area (Å²) in [4.78, 5) is 61.4. The van der Waals surface area contributed by atoms with E-state index in [1.54, 1.807) is 28.0 Å². The molecule has 4 aromatic rings. The number of esters is 1. The molecule has 6 rings (SSSR count). The molecule has 0 aliphatic carbocycles. The van der Waals surface area contributed by atoms with Crippen LogP contribution >= 0.6 is 11.6 Å². The Bertz CT molecular complexity index is 2210. The van der Waals surface area contributed by atoms with Crippen molar-refractivity contribution in [2.45, 2.75) is 50.9 Å². The molecule has 62 heavy (non-hydrogen) atoms. The van der Waals surface area contributed by atoms with Gasteiger partial charge in [0.1, 0.15) is 18.1 Å². The van der Waals surface area contributed by atoms with Gasteiger partial charge in [-0.05, 0) is 35.9 Å². The summed E-state index contributed by atoms with van der Waals surface area (Å²) < 4.78 is 38.7. The number of aromatic nitrogens is 1. The highest BCUT2D eigenvalue weighted by atomic mass is 35.5. The standard InChI is InChI=1S/C44H56ClN5O12/c1-6-29(25-51)61-38(57-3)26-60-37(53)13-9-12-36(52)46-14-15-48-16-18-49(19-17-48)44(55)62-34-22-33-39(31-11-8-7-10-30(31)34)28(23-45)24-50(33)43(54)32-20-27-21-35(56-2)41(58-4)42(59-5)40(27)47-32/h7-8,10-11,20-22,28-29,38,47,51H,6,9,12-19,23-26H2,1-5H3,(H,46,52)/t28-,29?,38?/m1/s1. The van der Waals surface area contributed by atoms with Crippen LogP contribution in [0.25, 0.3) is 21.7 Å². The molecule has 1 fully saturated rings. The largest absolute Gasteiger partial charge is 0.493 e. The number of nitrogens with zero attached hydrogens (tertiary/aromatic N) is 3. The van der Waals surface area contributed by atoms with Crippen molar-refractivity contribution in [1.29, 1.82) is 0 Å². The smallest absolute Gasteiger partial charge is 0.415 e. The first-order chi connectivity index (χ1) is 30.1. The Morgan fingerprint density at radius 3 is 2.34 bits per heavy atom. The number of fused-ring (bicyclic) bond motifs is 4. The highest BCUT2D eigenvalue weighted by Crippen LogP contribution is 2.47. The Hall–Kier alpha value is -5.33.